The van der Waals surface area contributed by atoms with E-state index in [-0.39, 0.29) is 0 Å². The first-order valence-electron chi connectivity index (χ1n) is 4.93. The summed E-state index contributed by atoms with van der Waals surface area (Å²) in [4.78, 5) is 0. The summed E-state index contributed by atoms with van der Waals surface area (Å²) in [7, 11) is 0. The fourth-order valence-electron chi connectivity index (χ4n) is 1.50. The summed E-state index contributed by atoms with van der Waals surface area (Å²) in [6.45, 7) is 0. The van der Waals surface area contributed by atoms with E-state index >= 15 is 0 Å². The van der Waals surface area contributed by atoms with Crippen LogP contribution in [0.3, 0.4) is 0 Å². The van der Waals surface area contributed by atoms with Gasteiger partial charge < -0.3 is 5.73 Å². The first-order valence-corrected chi connectivity index (χ1v) is 6.10. The molecule has 0 saturated carbocycles. The van der Waals surface area contributed by atoms with Crippen molar-refractivity contribution in [2.45, 2.75) is 0 Å². The molecule has 1 aliphatic heterocycles. The van der Waals surface area contributed by atoms with Crippen LogP contribution in [0.15, 0.2) is 52.8 Å². The molecule has 0 radical (unpaired) electrons. The summed E-state index contributed by atoms with van der Waals surface area (Å²) < 4.78 is 0.896. The number of nitrogens with zero attached hydrogens (tertiary/aromatic N) is 1. The highest BCUT2D eigenvalue weighted by Crippen LogP contribution is 2.23. The van der Waals surface area contributed by atoms with E-state index in [2.05, 4.69) is 15.9 Å². The van der Waals surface area contributed by atoms with Crippen molar-refractivity contribution >= 4 is 33.2 Å². The van der Waals surface area contributed by atoms with E-state index < -0.39 is 0 Å². The Morgan fingerprint density at radius 3 is 2.41 bits per heavy atom. The zero-order chi connectivity index (χ0) is 12.4. The van der Waals surface area contributed by atoms with Gasteiger partial charge in [0.05, 0.1) is 11.4 Å². The van der Waals surface area contributed by atoms with E-state index in [0.717, 1.165) is 15.7 Å². The number of nitrogens with two attached hydrogens (primary N) is 2. The zero-order valence-electron chi connectivity index (χ0n) is 8.90. The van der Waals surface area contributed by atoms with Crippen LogP contribution >= 0.6 is 27.5 Å². The molecule has 17 heavy (non-hydrogen) atoms. The van der Waals surface area contributed by atoms with Gasteiger partial charge in [0, 0.05) is 15.7 Å². The van der Waals surface area contributed by atoms with Gasteiger partial charge in [0.2, 0.25) is 0 Å². The summed E-state index contributed by atoms with van der Waals surface area (Å²) in [5.74, 6) is 5.85. The fourth-order valence-corrected chi connectivity index (χ4v) is 1.97. The standard InChI is InChI=1S/C12H11BrClN3/c13-9-3-6-11(17(16)7-9)12(15)8-1-4-10(14)5-2-8/h1-7H,15-16H2/b12-11-. The average molecular weight is 313 g/mol. The lowest BCUT2D eigenvalue weighted by Gasteiger charge is -2.21. The van der Waals surface area contributed by atoms with Gasteiger partial charge in [0.1, 0.15) is 0 Å². The topological polar surface area (TPSA) is 55.3 Å². The maximum Gasteiger partial charge on any atom is 0.0804 e. The molecule has 0 atom stereocenters. The molecule has 1 aromatic rings. The van der Waals surface area contributed by atoms with Crippen LogP contribution in [0.1, 0.15) is 5.56 Å². The van der Waals surface area contributed by atoms with E-state index in [1.807, 2.05) is 24.3 Å². The van der Waals surface area contributed by atoms with Crippen LogP contribution in [-0.4, -0.2) is 5.01 Å². The highest BCUT2D eigenvalue weighted by Gasteiger charge is 2.11. The molecule has 0 fully saturated rings. The maximum atomic E-state index is 6.07. The van der Waals surface area contributed by atoms with Gasteiger partial charge >= 0.3 is 0 Å². The Morgan fingerprint density at radius 1 is 1.18 bits per heavy atom. The van der Waals surface area contributed by atoms with E-state index in [9.17, 15) is 0 Å². The minimum absolute atomic E-state index is 0.608. The summed E-state index contributed by atoms with van der Waals surface area (Å²) in [6, 6.07) is 7.31. The molecule has 0 spiro atoms. The van der Waals surface area contributed by atoms with Crippen molar-refractivity contribution < 1.29 is 0 Å². The Balaban J connectivity index is 2.39. The molecule has 2 rings (SSSR count). The van der Waals surface area contributed by atoms with Crippen molar-refractivity contribution in [2.75, 3.05) is 0 Å². The highest BCUT2D eigenvalue weighted by molar-refractivity contribution is 9.11. The number of benzene rings is 1. The van der Waals surface area contributed by atoms with Gasteiger partial charge in [-0.05, 0) is 45.8 Å². The maximum absolute atomic E-state index is 6.07. The third-order valence-corrected chi connectivity index (χ3v) is 3.09. The third-order valence-electron chi connectivity index (χ3n) is 2.37. The molecule has 0 unspecified atom stereocenters. The largest absolute Gasteiger partial charge is 0.397 e. The van der Waals surface area contributed by atoms with Gasteiger partial charge in [0.25, 0.3) is 0 Å². The van der Waals surface area contributed by atoms with Gasteiger partial charge in [-0.2, -0.15) is 0 Å². The lowest BCUT2D eigenvalue weighted by Crippen LogP contribution is -2.27. The quantitative estimate of drug-likeness (QED) is 0.784. The van der Waals surface area contributed by atoms with Crippen molar-refractivity contribution in [3.05, 3.63) is 63.4 Å². The number of rotatable bonds is 1. The second kappa shape index (κ2) is 4.96. The SMILES string of the molecule is N/C(=C1/C=CC(Br)=CN1N)c1ccc(Cl)cc1. The number of allylic oxidation sites excluding steroid dienone is 3. The molecule has 5 heteroatoms. The molecule has 0 bridgehead atoms. The number of hydrazine groups is 1. The summed E-state index contributed by atoms with van der Waals surface area (Å²) in [5, 5.41) is 2.16. The van der Waals surface area contributed by atoms with Crippen molar-refractivity contribution in [3.8, 4) is 0 Å². The molecule has 0 amide bonds. The van der Waals surface area contributed by atoms with Crippen molar-refractivity contribution in [1.82, 2.24) is 5.01 Å². The molecule has 1 aromatic carbocycles. The molecule has 0 aliphatic carbocycles. The van der Waals surface area contributed by atoms with E-state index in [1.54, 1.807) is 18.3 Å². The molecular formula is C12H11BrClN3. The predicted molar refractivity (Wildman–Crippen MR) is 74.7 cm³/mol. The lowest BCUT2D eigenvalue weighted by atomic mass is 10.1. The number of hydrogen-bond acceptors (Lipinski definition) is 3. The first kappa shape index (κ1) is 12.2. The molecular weight excluding hydrogens is 302 g/mol. The molecule has 0 aromatic heterocycles. The van der Waals surface area contributed by atoms with E-state index in [1.165, 1.54) is 5.01 Å². The zero-order valence-corrected chi connectivity index (χ0v) is 11.2. The Labute approximate surface area is 113 Å². The third kappa shape index (κ3) is 2.72. The highest BCUT2D eigenvalue weighted by atomic mass is 79.9. The average Bonchev–Trinajstić information content (AvgIpc) is 2.29. The van der Waals surface area contributed by atoms with Gasteiger partial charge in [-0.3, -0.25) is 5.01 Å². The summed E-state index contributed by atoms with van der Waals surface area (Å²) in [5.41, 5.74) is 8.31. The predicted octanol–water partition coefficient (Wildman–Crippen LogP) is 2.95. The van der Waals surface area contributed by atoms with Crippen molar-refractivity contribution in [2.24, 2.45) is 11.6 Å². The Kier molecular flexibility index (Phi) is 3.57. The summed E-state index contributed by atoms with van der Waals surface area (Å²) >= 11 is 9.17. The minimum Gasteiger partial charge on any atom is -0.397 e. The first-order chi connectivity index (χ1) is 8.08. The number of halogens is 2. The van der Waals surface area contributed by atoms with Crippen LogP contribution in [0, 0.1) is 0 Å². The van der Waals surface area contributed by atoms with Crippen LogP contribution in [0.2, 0.25) is 5.02 Å². The molecule has 88 valence electrons. The minimum atomic E-state index is 0.608. The fraction of sp³-hybridized carbons (Fsp3) is 0. The smallest absolute Gasteiger partial charge is 0.0804 e. The van der Waals surface area contributed by atoms with Gasteiger partial charge in [0.15, 0.2) is 0 Å². The van der Waals surface area contributed by atoms with Crippen LogP contribution in [0.25, 0.3) is 5.70 Å². The monoisotopic (exact) mass is 311 g/mol. The molecule has 1 heterocycles. The van der Waals surface area contributed by atoms with Gasteiger partial charge in [-0.25, -0.2) is 5.84 Å². The Bertz CT molecular complexity index is 517. The van der Waals surface area contributed by atoms with Crippen LogP contribution < -0.4 is 11.6 Å². The second-order valence-corrected chi connectivity index (χ2v) is 4.91. The van der Waals surface area contributed by atoms with Crippen molar-refractivity contribution in [1.29, 1.82) is 0 Å². The second-order valence-electron chi connectivity index (χ2n) is 3.56. The molecule has 4 N–H and O–H groups in total. The van der Waals surface area contributed by atoms with Crippen LogP contribution in [0.4, 0.5) is 0 Å². The summed E-state index contributed by atoms with van der Waals surface area (Å²) in [6.07, 6.45) is 5.49. The lowest BCUT2D eigenvalue weighted by molar-refractivity contribution is 0.505. The van der Waals surface area contributed by atoms with Crippen LogP contribution in [0.5, 0.6) is 0 Å². The van der Waals surface area contributed by atoms with Gasteiger partial charge in [-0.15, -0.1) is 0 Å². The molecule has 3 nitrogen and oxygen atoms in total. The normalized spacial score (nSPS) is 18.1. The Morgan fingerprint density at radius 2 is 1.82 bits per heavy atom. The van der Waals surface area contributed by atoms with Crippen LogP contribution in [-0.2, 0) is 0 Å². The molecule has 0 saturated heterocycles. The van der Waals surface area contributed by atoms with E-state index in [0.29, 0.717) is 10.7 Å². The van der Waals surface area contributed by atoms with Gasteiger partial charge in [-0.1, -0.05) is 23.7 Å². The molecule has 1 aliphatic rings. The number of hydrogen-bond donors (Lipinski definition) is 2. The van der Waals surface area contributed by atoms with E-state index in [4.69, 9.17) is 23.2 Å². The Hall–Kier alpha value is -1.23. The van der Waals surface area contributed by atoms with Crippen molar-refractivity contribution in [3.63, 3.8) is 0 Å².